The zero-order valence-corrected chi connectivity index (χ0v) is 17.5. The zero-order valence-electron chi connectivity index (χ0n) is 16.8. The van der Waals surface area contributed by atoms with Gasteiger partial charge in [0.15, 0.2) is 0 Å². The molecule has 0 spiro atoms. The molecule has 0 aliphatic heterocycles. The number of nitrogens with zero attached hydrogens (tertiary/aromatic N) is 1. The van der Waals surface area contributed by atoms with Gasteiger partial charge in [-0.3, -0.25) is 9.59 Å². The second-order valence-electron chi connectivity index (χ2n) is 7.33. The zero-order chi connectivity index (χ0) is 20.6. The number of halogens is 1. The molecule has 1 aliphatic rings. The lowest BCUT2D eigenvalue weighted by Gasteiger charge is -2.23. The number of benzene rings is 2. The molecule has 1 fully saturated rings. The van der Waals surface area contributed by atoms with Crippen molar-refractivity contribution in [3.63, 3.8) is 0 Å². The van der Waals surface area contributed by atoms with Gasteiger partial charge in [0.05, 0.1) is 17.1 Å². The van der Waals surface area contributed by atoms with E-state index in [-0.39, 0.29) is 24.4 Å². The standard InChI is InChI=1S/C23H28ClN3O2/c1-2-27(19-11-7-4-8-12-19)22(28)16-25-18-13-14-21(24)20(15-18)23(29)26-17-9-5-3-6-10-17/h4,7-8,11-15,17,25H,2-3,5-6,9-10,16H2,1H3,(H,26,29). The van der Waals surface area contributed by atoms with E-state index >= 15 is 0 Å². The summed E-state index contributed by atoms with van der Waals surface area (Å²) in [5.41, 5.74) is 2.00. The van der Waals surface area contributed by atoms with Crippen LogP contribution in [-0.2, 0) is 4.79 Å². The molecule has 0 heterocycles. The first-order valence-electron chi connectivity index (χ1n) is 10.3. The van der Waals surface area contributed by atoms with Crippen molar-refractivity contribution < 1.29 is 9.59 Å². The minimum absolute atomic E-state index is 0.0399. The largest absolute Gasteiger partial charge is 0.376 e. The van der Waals surface area contributed by atoms with Gasteiger partial charge in [0.1, 0.15) is 0 Å². The average molecular weight is 414 g/mol. The van der Waals surface area contributed by atoms with Crippen LogP contribution in [0.25, 0.3) is 0 Å². The molecule has 2 N–H and O–H groups in total. The van der Waals surface area contributed by atoms with E-state index in [4.69, 9.17) is 11.6 Å². The lowest BCUT2D eigenvalue weighted by atomic mass is 9.95. The topological polar surface area (TPSA) is 61.4 Å². The second-order valence-corrected chi connectivity index (χ2v) is 7.74. The Labute approximate surface area is 177 Å². The molecule has 1 aliphatic carbocycles. The van der Waals surface area contributed by atoms with Crippen LogP contribution in [-0.4, -0.2) is 30.9 Å². The number of likely N-dealkylation sites (N-methyl/N-ethyl adjacent to an activating group) is 1. The molecule has 0 atom stereocenters. The first-order chi connectivity index (χ1) is 14.1. The fourth-order valence-electron chi connectivity index (χ4n) is 3.70. The number of rotatable bonds is 7. The maximum absolute atomic E-state index is 12.7. The van der Waals surface area contributed by atoms with Crippen LogP contribution in [0.5, 0.6) is 0 Å². The average Bonchev–Trinajstić information content (AvgIpc) is 2.75. The van der Waals surface area contributed by atoms with Gasteiger partial charge in [0.25, 0.3) is 5.91 Å². The molecule has 2 aromatic rings. The third-order valence-electron chi connectivity index (χ3n) is 5.28. The highest BCUT2D eigenvalue weighted by molar-refractivity contribution is 6.34. The first kappa shape index (κ1) is 21.2. The van der Waals surface area contributed by atoms with E-state index in [1.54, 1.807) is 23.1 Å². The molecule has 29 heavy (non-hydrogen) atoms. The molecule has 3 rings (SSSR count). The van der Waals surface area contributed by atoms with E-state index in [0.717, 1.165) is 31.4 Å². The molecular weight excluding hydrogens is 386 g/mol. The molecule has 2 amide bonds. The number of carbonyl (C=O) groups is 2. The summed E-state index contributed by atoms with van der Waals surface area (Å²) in [5, 5.41) is 6.63. The lowest BCUT2D eigenvalue weighted by molar-refractivity contribution is -0.116. The number of hydrogen-bond donors (Lipinski definition) is 2. The predicted octanol–water partition coefficient (Wildman–Crippen LogP) is 4.87. The van der Waals surface area contributed by atoms with Crippen LogP contribution in [0.1, 0.15) is 49.4 Å². The Morgan fingerprint density at radius 1 is 1.07 bits per heavy atom. The highest BCUT2D eigenvalue weighted by Gasteiger charge is 2.19. The number of nitrogens with one attached hydrogen (secondary N) is 2. The third kappa shape index (κ3) is 5.73. The van der Waals surface area contributed by atoms with Crippen molar-refractivity contribution in [3.8, 4) is 0 Å². The molecule has 5 nitrogen and oxygen atoms in total. The summed E-state index contributed by atoms with van der Waals surface area (Å²) in [7, 11) is 0. The summed E-state index contributed by atoms with van der Waals surface area (Å²) in [6.45, 7) is 2.66. The summed E-state index contributed by atoms with van der Waals surface area (Å²) in [5.74, 6) is -0.196. The number of para-hydroxylation sites is 1. The van der Waals surface area contributed by atoms with Gasteiger partial charge >= 0.3 is 0 Å². The Hall–Kier alpha value is -2.53. The SMILES string of the molecule is CCN(C(=O)CNc1ccc(Cl)c(C(=O)NC2CCCCC2)c1)c1ccccc1. The highest BCUT2D eigenvalue weighted by Crippen LogP contribution is 2.23. The van der Waals surface area contributed by atoms with Crippen LogP contribution < -0.4 is 15.5 Å². The van der Waals surface area contributed by atoms with Crippen LogP contribution in [0.3, 0.4) is 0 Å². The molecule has 1 saturated carbocycles. The summed E-state index contributed by atoms with van der Waals surface area (Å²) >= 11 is 6.26. The monoisotopic (exact) mass is 413 g/mol. The molecule has 0 bridgehead atoms. The Morgan fingerprint density at radius 2 is 1.79 bits per heavy atom. The molecule has 6 heteroatoms. The van der Waals surface area contributed by atoms with Gasteiger partial charge in [-0.25, -0.2) is 0 Å². The molecule has 0 saturated heterocycles. The highest BCUT2D eigenvalue weighted by atomic mass is 35.5. The van der Waals surface area contributed by atoms with Crippen molar-refractivity contribution in [2.75, 3.05) is 23.3 Å². The maximum Gasteiger partial charge on any atom is 0.253 e. The summed E-state index contributed by atoms with van der Waals surface area (Å²) in [6.07, 6.45) is 5.57. The first-order valence-corrected chi connectivity index (χ1v) is 10.7. The van der Waals surface area contributed by atoms with Gasteiger partial charge in [0.2, 0.25) is 5.91 Å². The Morgan fingerprint density at radius 3 is 2.48 bits per heavy atom. The van der Waals surface area contributed by atoms with Crippen LogP contribution in [0.2, 0.25) is 5.02 Å². The lowest BCUT2D eigenvalue weighted by Crippen LogP contribution is -2.36. The number of hydrogen-bond acceptors (Lipinski definition) is 3. The summed E-state index contributed by atoms with van der Waals surface area (Å²) < 4.78 is 0. The summed E-state index contributed by atoms with van der Waals surface area (Å²) in [6, 6.07) is 15.0. The van der Waals surface area contributed by atoms with Gasteiger partial charge in [0, 0.05) is 24.0 Å². The van der Waals surface area contributed by atoms with Gasteiger partial charge < -0.3 is 15.5 Å². The molecule has 154 valence electrons. The fraction of sp³-hybridized carbons (Fsp3) is 0.391. The van der Waals surface area contributed by atoms with Gasteiger partial charge in [-0.1, -0.05) is 49.1 Å². The molecule has 0 unspecified atom stereocenters. The van der Waals surface area contributed by atoms with E-state index in [0.29, 0.717) is 22.8 Å². The van der Waals surface area contributed by atoms with Crippen LogP contribution in [0.4, 0.5) is 11.4 Å². The molecular formula is C23H28ClN3O2. The maximum atomic E-state index is 12.7. The van der Waals surface area contributed by atoms with Gasteiger partial charge in [-0.2, -0.15) is 0 Å². The van der Waals surface area contributed by atoms with Crippen LogP contribution >= 0.6 is 11.6 Å². The fourth-order valence-corrected chi connectivity index (χ4v) is 3.91. The van der Waals surface area contributed by atoms with Crippen molar-refractivity contribution in [1.29, 1.82) is 0 Å². The number of amides is 2. The van der Waals surface area contributed by atoms with E-state index in [9.17, 15) is 9.59 Å². The van der Waals surface area contributed by atoms with E-state index in [1.165, 1.54) is 6.42 Å². The van der Waals surface area contributed by atoms with E-state index in [2.05, 4.69) is 10.6 Å². The number of carbonyl (C=O) groups excluding carboxylic acids is 2. The van der Waals surface area contributed by atoms with Crippen LogP contribution in [0, 0.1) is 0 Å². The quantitative estimate of drug-likeness (QED) is 0.680. The van der Waals surface area contributed by atoms with Crippen molar-refractivity contribution in [1.82, 2.24) is 5.32 Å². The smallest absolute Gasteiger partial charge is 0.253 e. The van der Waals surface area contributed by atoms with Crippen LogP contribution in [0.15, 0.2) is 48.5 Å². The van der Waals surface area contributed by atoms with Crippen molar-refractivity contribution >= 4 is 34.8 Å². The second kappa shape index (κ2) is 10.3. The van der Waals surface area contributed by atoms with Crippen molar-refractivity contribution in [3.05, 3.63) is 59.1 Å². The van der Waals surface area contributed by atoms with Gasteiger partial charge in [-0.15, -0.1) is 0 Å². The Bertz CT molecular complexity index is 835. The molecule has 0 aromatic heterocycles. The van der Waals surface area contributed by atoms with Crippen molar-refractivity contribution in [2.24, 2.45) is 0 Å². The minimum Gasteiger partial charge on any atom is -0.376 e. The minimum atomic E-state index is -0.156. The molecule has 2 aromatic carbocycles. The normalized spacial score (nSPS) is 14.3. The van der Waals surface area contributed by atoms with Crippen molar-refractivity contribution in [2.45, 2.75) is 45.1 Å². The predicted molar refractivity (Wildman–Crippen MR) is 119 cm³/mol. The van der Waals surface area contributed by atoms with Gasteiger partial charge in [-0.05, 0) is 50.1 Å². The number of anilines is 2. The molecule has 0 radical (unpaired) electrons. The van der Waals surface area contributed by atoms with E-state index < -0.39 is 0 Å². The Kier molecular flexibility index (Phi) is 7.53. The third-order valence-corrected chi connectivity index (χ3v) is 5.61. The summed E-state index contributed by atoms with van der Waals surface area (Å²) in [4.78, 5) is 27.0. The van der Waals surface area contributed by atoms with E-state index in [1.807, 2.05) is 37.3 Å². The Balaban J connectivity index is 1.63.